The van der Waals surface area contributed by atoms with Crippen LogP contribution >= 0.6 is 0 Å². The van der Waals surface area contributed by atoms with Crippen molar-refractivity contribution in [1.29, 1.82) is 0 Å². The van der Waals surface area contributed by atoms with E-state index in [4.69, 9.17) is 24.4 Å². The number of para-hydroxylation sites is 2. The summed E-state index contributed by atoms with van der Waals surface area (Å²) in [6.45, 7) is 1.33. The van der Waals surface area contributed by atoms with Crippen LogP contribution in [0.5, 0.6) is 5.75 Å². The van der Waals surface area contributed by atoms with Crippen molar-refractivity contribution in [2.75, 3.05) is 28.3 Å². The normalized spacial score (nSPS) is 11.8. The first-order chi connectivity index (χ1) is 16.5. The molecule has 0 aliphatic rings. The zero-order valence-electron chi connectivity index (χ0n) is 20.5. The molecule has 0 spiro atoms. The zero-order chi connectivity index (χ0) is 24.3. The lowest BCUT2D eigenvalue weighted by Crippen LogP contribution is -2.40. The van der Waals surface area contributed by atoms with Gasteiger partial charge >= 0.3 is 0 Å². The van der Waals surface area contributed by atoms with Crippen molar-refractivity contribution < 1.29 is 9.47 Å². The first-order valence-corrected chi connectivity index (χ1v) is 11.1. The second-order valence-electron chi connectivity index (χ2n) is 8.00. The molecule has 0 atom stereocenters. The van der Waals surface area contributed by atoms with Crippen LogP contribution in [0.4, 0.5) is 0 Å². The fourth-order valence-corrected chi connectivity index (χ4v) is 4.40. The van der Waals surface area contributed by atoms with Gasteiger partial charge in [0.15, 0.2) is 17.5 Å². The quantitative estimate of drug-likeness (QED) is 0.369. The molecule has 10 heteroatoms. The molecule has 0 aliphatic heterocycles. The van der Waals surface area contributed by atoms with Gasteiger partial charge in [0.1, 0.15) is 5.75 Å². The molecule has 0 amide bonds. The van der Waals surface area contributed by atoms with Gasteiger partial charge < -0.3 is 29.2 Å². The number of hydrogen-bond donors (Lipinski definition) is 2. The second-order valence-corrected chi connectivity index (χ2v) is 8.00. The van der Waals surface area contributed by atoms with E-state index >= 15 is 0 Å². The lowest BCUT2D eigenvalue weighted by Gasteiger charge is -2.32. The van der Waals surface area contributed by atoms with Crippen molar-refractivity contribution in [3.05, 3.63) is 77.9 Å². The van der Waals surface area contributed by atoms with E-state index in [0.717, 1.165) is 22.8 Å². The molecule has 3 aromatic heterocycles. The molecule has 1 aromatic carbocycles. The van der Waals surface area contributed by atoms with E-state index in [1.165, 1.54) is 0 Å². The third-order valence-corrected chi connectivity index (χ3v) is 6.12. The number of rotatable bonds is 10. The van der Waals surface area contributed by atoms with Gasteiger partial charge in [0.05, 0.1) is 24.2 Å². The van der Waals surface area contributed by atoms with Gasteiger partial charge in [0.25, 0.3) is 0 Å². The zero-order valence-corrected chi connectivity index (χ0v) is 20.5. The number of hydrogen-bond acceptors (Lipinski definition) is 7. The molecule has 0 saturated carbocycles. The third-order valence-electron chi connectivity index (χ3n) is 6.12. The summed E-state index contributed by atoms with van der Waals surface area (Å²) in [6, 6.07) is 7.81. The summed E-state index contributed by atoms with van der Waals surface area (Å²) in [7, 11) is 11.1. The van der Waals surface area contributed by atoms with Crippen molar-refractivity contribution in [2.45, 2.75) is 18.7 Å². The van der Waals surface area contributed by atoms with Crippen LogP contribution in [0.2, 0.25) is 0 Å². The first-order valence-electron chi connectivity index (χ1n) is 11.1. The summed E-state index contributed by atoms with van der Waals surface area (Å²) in [5, 5.41) is 6.40. The van der Waals surface area contributed by atoms with Crippen molar-refractivity contribution in [1.82, 2.24) is 39.3 Å². The fraction of sp³-hybridized carbons (Fsp3) is 0.375. The van der Waals surface area contributed by atoms with Crippen LogP contribution in [0.25, 0.3) is 5.69 Å². The predicted octanol–water partition coefficient (Wildman–Crippen LogP) is 1.72. The Labute approximate surface area is 199 Å². The lowest BCUT2D eigenvalue weighted by atomic mass is 9.99. The highest BCUT2D eigenvalue weighted by Gasteiger charge is 2.48. The number of methoxy groups -OCH3 is 2. The van der Waals surface area contributed by atoms with Crippen molar-refractivity contribution in [3.63, 3.8) is 0 Å². The van der Waals surface area contributed by atoms with Crippen molar-refractivity contribution in [2.24, 2.45) is 14.1 Å². The maximum absolute atomic E-state index is 6.40. The average Bonchev–Trinajstić information content (AvgIpc) is 3.58. The summed E-state index contributed by atoms with van der Waals surface area (Å²) in [5.41, 5.74) is 1.66. The fourth-order valence-electron chi connectivity index (χ4n) is 4.40. The number of imidazole rings is 3. The van der Waals surface area contributed by atoms with Crippen LogP contribution in [-0.4, -0.2) is 57.0 Å². The van der Waals surface area contributed by atoms with E-state index in [9.17, 15) is 0 Å². The van der Waals surface area contributed by atoms with Gasteiger partial charge in [0.2, 0.25) is 5.60 Å². The molecule has 2 N–H and O–H groups in total. The Morgan fingerprint density at radius 1 is 0.853 bits per heavy atom. The molecule has 0 saturated heterocycles. The van der Waals surface area contributed by atoms with Crippen LogP contribution in [0.15, 0.2) is 49.1 Å². The largest absolute Gasteiger partial charge is 0.495 e. The Bertz CT molecular complexity index is 1210. The van der Waals surface area contributed by atoms with Gasteiger partial charge in [-0.1, -0.05) is 12.1 Å². The highest BCUT2D eigenvalue weighted by Crippen LogP contribution is 2.40. The smallest absolute Gasteiger partial charge is 0.241 e. The minimum Gasteiger partial charge on any atom is -0.495 e. The molecule has 34 heavy (non-hydrogen) atoms. The summed E-state index contributed by atoms with van der Waals surface area (Å²) >= 11 is 0. The molecule has 0 bridgehead atoms. The van der Waals surface area contributed by atoms with E-state index in [1.807, 2.05) is 84.7 Å². The van der Waals surface area contributed by atoms with E-state index in [0.29, 0.717) is 30.6 Å². The van der Waals surface area contributed by atoms with Crippen LogP contribution in [0.1, 0.15) is 28.9 Å². The van der Waals surface area contributed by atoms with Crippen molar-refractivity contribution in [3.8, 4) is 11.4 Å². The summed E-state index contributed by atoms with van der Waals surface area (Å²) < 4.78 is 18.1. The molecule has 180 valence electrons. The maximum Gasteiger partial charge on any atom is 0.241 e. The number of aromatic nitrogens is 6. The number of ether oxygens (including phenoxy) is 2. The number of nitrogens with one attached hydrogen (secondary N) is 2. The Morgan fingerprint density at radius 3 is 1.97 bits per heavy atom. The highest BCUT2D eigenvalue weighted by atomic mass is 16.5. The molecule has 0 radical (unpaired) electrons. The van der Waals surface area contributed by atoms with Crippen LogP contribution in [0.3, 0.4) is 0 Å². The summed E-state index contributed by atoms with van der Waals surface area (Å²) in [5.74, 6) is 2.69. The molecular formula is C24H32N8O2. The van der Waals surface area contributed by atoms with Crippen molar-refractivity contribution >= 4 is 0 Å². The van der Waals surface area contributed by atoms with E-state index < -0.39 is 5.60 Å². The van der Waals surface area contributed by atoms with E-state index in [2.05, 4.69) is 10.6 Å². The number of benzene rings is 1. The van der Waals surface area contributed by atoms with E-state index in [1.54, 1.807) is 20.4 Å². The van der Waals surface area contributed by atoms with Gasteiger partial charge in [-0.15, -0.1) is 0 Å². The standard InChI is InChI=1S/C24H32N8O2/c1-25-13-17-15-28-21(30(17)3)24(34-6,22-29-16-18(14-26-2)31(22)4)23-27-11-12-32(23)19-9-7-8-10-20(19)33-5/h7-12,15-16,25-26H,13-14H2,1-6H3. The van der Waals surface area contributed by atoms with Crippen LogP contribution in [-0.2, 0) is 37.5 Å². The van der Waals surface area contributed by atoms with Gasteiger partial charge in [-0.05, 0) is 26.2 Å². The Morgan fingerprint density at radius 2 is 1.44 bits per heavy atom. The topological polar surface area (TPSA) is 96.0 Å². The SMILES string of the molecule is CNCc1cnc(C(OC)(c2nccn2-c2ccccc2OC)c2ncc(CNC)n2C)n1C. The minimum atomic E-state index is -1.20. The molecular weight excluding hydrogens is 432 g/mol. The predicted molar refractivity (Wildman–Crippen MR) is 129 cm³/mol. The molecule has 4 rings (SSSR count). The van der Waals surface area contributed by atoms with E-state index in [-0.39, 0.29) is 0 Å². The highest BCUT2D eigenvalue weighted by molar-refractivity contribution is 5.49. The summed E-state index contributed by atoms with van der Waals surface area (Å²) in [6.07, 6.45) is 7.36. The maximum atomic E-state index is 6.40. The second kappa shape index (κ2) is 9.80. The molecule has 4 aromatic rings. The minimum absolute atomic E-state index is 0.619. The summed E-state index contributed by atoms with van der Waals surface area (Å²) in [4.78, 5) is 14.5. The first kappa shape index (κ1) is 23.7. The Balaban J connectivity index is 2.04. The third kappa shape index (κ3) is 3.69. The number of nitrogens with zero attached hydrogens (tertiary/aromatic N) is 6. The van der Waals surface area contributed by atoms with Gasteiger partial charge in [-0.2, -0.15) is 0 Å². The Kier molecular flexibility index (Phi) is 6.82. The van der Waals surface area contributed by atoms with Gasteiger partial charge in [0, 0.05) is 59.1 Å². The molecule has 0 aliphatic carbocycles. The molecule has 3 heterocycles. The molecule has 10 nitrogen and oxygen atoms in total. The van der Waals surface area contributed by atoms with Crippen LogP contribution < -0.4 is 15.4 Å². The van der Waals surface area contributed by atoms with Gasteiger partial charge in [-0.3, -0.25) is 4.57 Å². The molecule has 0 unspecified atom stereocenters. The average molecular weight is 465 g/mol. The molecule has 0 fully saturated rings. The van der Waals surface area contributed by atoms with Gasteiger partial charge in [-0.25, -0.2) is 15.0 Å². The monoisotopic (exact) mass is 464 g/mol. The Hall–Kier alpha value is -3.47. The van der Waals surface area contributed by atoms with Crippen LogP contribution in [0, 0.1) is 0 Å². The lowest BCUT2D eigenvalue weighted by molar-refractivity contribution is 0.0296.